The van der Waals surface area contributed by atoms with Crippen LogP contribution in [0.5, 0.6) is 0 Å². The summed E-state index contributed by atoms with van der Waals surface area (Å²) in [6, 6.07) is 10.8. The molecule has 6 aliphatic rings. The van der Waals surface area contributed by atoms with Crippen molar-refractivity contribution in [2.75, 3.05) is 67.0 Å². The molecule has 1 spiro atoms. The topological polar surface area (TPSA) is 97.4 Å². The lowest BCUT2D eigenvalue weighted by atomic mass is 9.72. The fourth-order valence-electron chi connectivity index (χ4n) is 9.93. The van der Waals surface area contributed by atoms with Crippen molar-refractivity contribution >= 4 is 63.0 Å². The van der Waals surface area contributed by atoms with Crippen LogP contribution in [0, 0.1) is 5.82 Å². The van der Waals surface area contributed by atoms with Crippen molar-refractivity contribution in [3.05, 3.63) is 54.1 Å². The molecule has 3 aromatic rings. The van der Waals surface area contributed by atoms with Crippen LogP contribution in [-0.2, 0) is 19.7 Å². The number of nitrogens with one attached hydrogen (secondary N) is 1. The van der Waals surface area contributed by atoms with Gasteiger partial charge in [-0.3, -0.25) is 14.6 Å². The summed E-state index contributed by atoms with van der Waals surface area (Å²) in [4.78, 5) is 48.9. The Morgan fingerprint density at radius 1 is 1.00 bits per heavy atom. The third kappa shape index (κ3) is 5.77. The van der Waals surface area contributed by atoms with Gasteiger partial charge in [-0.1, -0.05) is 41.1 Å². The minimum atomic E-state index is -0.696. The highest BCUT2D eigenvalue weighted by Gasteiger charge is 2.57. The number of anilines is 5. The fraction of sp³-hybridized carbons (Fsp3) is 0.561. The summed E-state index contributed by atoms with van der Waals surface area (Å²) in [6.45, 7) is 6.19. The standard InChI is InChI=1S/C41H50FIN8O3/c1-26(43)50-25-47(2)35-23-33(46-37(36(35)50)45-32-10-15-44-24-31(32)42)27-8-9-30-34(20-27)51(29-21-28(22-29)48-16-5-4-6-17-48)38(52)40(30)13-18-49(19-14-40)39(53)41(54-3)11-7-12-41/h8-10,15,20,23-24,26,28-29H,4-7,11-14,16-19,21-22,25H2,1-3H3,(H,44,45,46). The van der Waals surface area contributed by atoms with Crippen LogP contribution in [0.2, 0.25) is 0 Å². The van der Waals surface area contributed by atoms with Crippen molar-refractivity contribution in [2.45, 2.75) is 98.3 Å². The molecule has 2 aliphatic carbocycles. The van der Waals surface area contributed by atoms with Gasteiger partial charge in [-0.15, -0.1) is 0 Å². The molecule has 2 amide bonds. The number of carbonyl (C=O) groups excluding carboxylic acids is 2. The van der Waals surface area contributed by atoms with Crippen LogP contribution in [0.25, 0.3) is 11.3 Å². The van der Waals surface area contributed by atoms with Crippen molar-refractivity contribution in [1.29, 1.82) is 0 Å². The third-order valence-corrected chi connectivity index (χ3v) is 14.1. The number of halogens is 2. The van der Waals surface area contributed by atoms with Gasteiger partial charge in [-0.05, 0) is 102 Å². The molecule has 11 nitrogen and oxygen atoms in total. The van der Waals surface area contributed by atoms with Gasteiger partial charge in [0.05, 0.1) is 39.4 Å². The predicted octanol–water partition coefficient (Wildman–Crippen LogP) is 6.81. The van der Waals surface area contributed by atoms with E-state index in [1.807, 2.05) is 4.90 Å². The lowest BCUT2D eigenvalue weighted by Crippen LogP contribution is -2.60. The molecule has 286 valence electrons. The van der Waals surface area contributed by atoms with Crippen LogP contribution < -0.4 is 20.0 Å². The molecule has 54 heavy (non-hydrogen) atoms. The van der Waals surface area contributed by atoms with E-state index >= 15 is 0 Å². The number of aromatic nitrogens is 2. The van der Waals surface area contributed by atoms with E-state index in [9.17, 15) is 14.0 Å². The van der Waals surface area contributed by atoms with Crippen molar-refractivity contribution in [2.24, 2.45) is 0 Å². The molecule has 2 aromatic heterocycles. The van der Waals surface area contributed by atoms with E-state index < -0.39 is 16.8 Å². The van der Waals surface area contributed by atoms with E-state index in [0.29, 0.717) is 50.1 Å². The number of amides is 2. The quantitative estimate of drug-likeness (QED) is 0.149. The first-order chi connectivity index (χ1) is 26.1. The number of piperidine rings is 2. The summed E-state index contributed by atoms with van der Waals surface area (Å²) in [5, 5.41) is 3.30. The van der Waals surface area contributed by atoms with Gasteiger partial charge in [0.1, 0.15) is 11.3 Å². The lowest BCUT2D eigenvalue weighted by molar-refractivity contribution is -0.168. The number of carbonyl (C=O) groups is 2. The molecule has 9 rings (SSSR count). The molecule has 1 aromatic carbocycles. The van der Waals surface area contributed by atoms with E-state index in [4.69, 9.17) is 9.72 Å². The summed E-state index contributed by atoms with van der Waals surface area (Å²) < 4.78 is 20.9. The summed E-state index contributed by atoms with van der Waals surface area (Å²) in [7, 11) is 3.71. The number of alkyl halides is 1. The number of hydrogen-bond acceptors (Lipinski definition) is 9. The summed E-state index contributed by atoms with van der Waals surface area (Å²) in [6.07, 6.45) is 12.3. The Bertz CT molecular complexity index is 1950. The Labute approximate surface area is 330 Å². The van der Waals surface area contributed by atoms with E-state index in [1.165, 1.54) is 25.5 Å². The number of rotatable bonds is 8. The molecular formula is C41H50FIN8O3. The Morgan fingerprint density at radius 3 is 2.43 bits per heavy atom. The lowest BCUT2D eigenvalue weighted by Gasteiger charge is -2.48. The average Bonchev–Trinajstić information content (AvgIpc) is 3.60. The van der Waals surface area contributed by atoms with Gasteiger partial charge in [-0.25, -0.2) is 9.37 Å². The number of benzene rings is 1. The first-order valence-corrected chi connectivity index (χ1v) is 21.0. The van der Waals surface area contributed by atoms with Gasteiger partial charge in [0, 0.05) is 56.8 Å². The van der Waals surface area contributed by atoms with Crippen LogP contribution in [-0.4, -0.2) is 100 Å². The zero-order chi connectivity index (χ0) is 37.4. The highest BCUT2D eigenvalue weighted by atomic mass is 127. The Kier molecular flexibility index (Phi) is 9.28. The summed E-state index contributed by atoms with van der Waals surface area (Å²) in [5.74, 6) is 0.382. The first kappa shape index (κ1) is 36.1. The van der Waals surface area contributed by atoms with E-state index in [0.717, 1.165) is 79.1 Å². The highest BCUT2D eigenvalue weighted by Crippen LogP contribution is 2.53. The molecule has 0 bridgehead atoms. The van der Waals surface area contributed by atoms with Gasteiger partial charge in [0.15, 0.2) is 11.6 Å². The molecule has 0 radical (unpaired) electrons. The number of fused-ring (bicyclic) bond motifs is 3. The van der Waals surface area contributed by atoms with Crippen molar-refractivity contribution < 1.29 is 18.7 Å². The molecular weight excluding hydrogens is 798 g/mol. The minimum Gasteiger partial charge on any atom is -0.368 e. The molecule has 4 fully saturated rings. The zero-order valence-electron chi connectivity index (χ0n) is 31.5. The van der Waals surface area contributed by atoms with Crippen LogP contribution in [0.15, 0.2) is 42.7 Å². The second kappa shape index (κ2) is 13.9. The molecule has 1 atom stereocenters. The number of pyridine rings is 2. The molecule has 13 heteroatoms. The SMILES string of the molecule is COC1(C(=O)N2CCC3(CC2)C(=O)N(C2CC(N4CCCCC4)C2)c2cc(-c4cc5c(c(Nc6ccncc6F)n4)N(C(C)I)CN5C)ccc23)CCC1. The number of nitrogens with zero attached hydrogens (tertiary/aromatic N) is 7. The van der Waals surface area contributed by atoms with Gasteiger partial charge in [0.2, 0.25) is 5.91 Å². The maximum absolute atomic E-state index is 15.0. The first-order valence-electron chi connectivity index (χ1n) is 19.7. The zero-order valence-corrected chi connectivity index (χ0v) is 33.6. The molecule has 6 heterocycles. The Balaban J connectivity index is 1.08. The van der Waals surface area contributed by atoms with Gasteiger partial charge >= 0.3 is 0 Å². The third-order valence-electron chi connectivity index (χ3n) is 13.4. The molecule has 2 saturated heterocycles. The predicted molar refractivity (Wildman–Crippen MR) is 217 cm³/mol. The van der Waals surface area contributed by atoms with Crippen molar-refractivity contribution in [1.82, 2.24) is 19.8 Å². The second-order valence-electron chi connectivity index (χ2n) is 16.3. The van der Waals surface area contributed by atoms with Crippen LogP contribution in [0.3, 0.4) is 0 Å². The van der Waals surface area contributed by atoms with Gasteiger partial charge < -0.3 is 34.6 Å². The Morgan fingerprint density at radius 2 is 1.76 bits per heavy atom. The maximum Gasteiger partial charge on any atom is 0.254 e. The van der Waals surface area contributed by atoms with Crippen molar-refractivity contribution in [3.8, 4) is 11.3 Å². The minimum absolute atomic E-state index is 0.0755. The van der Waals surface area contributed by atoms with Gasteiger partial charge in [0.25, 0.3) is 5.91 Å². The van der Waals surface area contributed by atoms with Crippen LogP contribution in [0.4, 0.5) is 33.0 Å². The van der Waals surface area contributed by atoms with Crippen LogP contribution in [0.1, 0.15) is 76.7 Å². The number of hydrogen-bond donors (Lipinski definition) is 1. The second-order valence-corrected chi connectivity index (χ2v) is 18.1. The fourth-order valence-corrected chi connectivity index (χ4v) is 10.4. The number of likely N-dealkylation sites (tertiary alicyclic amines) is 2. The monoisotopic (exact) mass is 848 g/mol. The Hall–Kier alpha value is -3.56. The molecule has 1 unspecified atom stereocenters. The van der Waals surface area contributed by atoms with E-state index in [1.54, 1.807) is 19.4 Å². The number of methoxy groups -OCH3 is 1. The van der Waals surface area contributed by atoms with Crippen molar-refractivity contribution in [3.63, 3.8) is 0 Å². The smallest absolute Gasteiger partial charge is 0.254 e. The van der Waals surface area contributed by atoms with E-state index in [-0.39, 0.29) is 21.9 Å². The normalized spacial score (nSPS) is 24.9. The largest absolute Gasteiger partial charge is 0.368 e. The average molecular weight is 849 g/mol. The van der Waals surface area contributed by atoms with Crippen LogP contribution >= 0.6 is 22.6 Å². The summed E-state index contributed by atoms with van der Waals surface area (Å²) >= 11 is 2.41. The van der Waals surface area contributed by atoms with E-state index in [2.05, 4.69) is 90.7 Å². The summed E-state index contributed by atoms with van der Waals surface area (Å²) in [5.41, 5.74) is 4.57. The molecule has 4 aliphatic heterocycles. The highest BCUT2D eigenvalue weighted by molar-refractivity contribution is 14.1. The van der Waals surface area contributed by atoms with Gasteiger partial charge in [-0.2, -0.15) is 0 Å². The molecule has 1 N–H and O–H groups in total. The number of ether oxygens (including phenoxy) is 1. The maximum atomic E-state index is 15.0. The molecule has 2 saturated carbocycles.